The summed E-state index contributed by atoms with van der Waals surface area (Å²) in [5, 5.41) is 0. The van der Waals surface area contributed by atoms with Gasteiger partial charge in [0, 0.05) is 0 Å². The zero-order valence-corrected chi connectivity index (χ0v) is 11.8. The molecule has 2 nitrogen and oxygen atoms in total. The van der Waals surface area contributed by atoms with Crippen LogP contribution in [0.15, 0.2) is 48.5 Å². The number of carbonyl (C=O) groups is 1. The summed E-state index contributed by atoms with van der Waals surface area (Å²) in [6.45, 7) is 4.19. The second-order valence-electron chi connectivity index (χ2n) is 4.50. The minimum Gasteiger partial charge on any atom is -0.462 e. The van der Waals surface area contributed by atoms with E-state index in [0.717, 1.165) is 16.7 Å². The van der Waals surface area contributed by atoms with Crippen molar-refractivity contribution in [3.05, 3.63) is 70.8 Å². The minimum absolute atomic E-state index is 0.274. The van der Waals surface area contributed by atoms with Gasteiger partial charge in [-0.25, -0.2) is 4.79 Å². The lowest BCUT2D eigenvalue weighted by atomic mass is 10.0. The molecule has 0 unspecified atom stereocenters. The van der Waals surface area contributed by atoms with Crippen molar-refractivity contribution in [3.8, 4) is 0 Å². The number of carbonyl (C=O) groups excluding carboxylic acids is 1. The third kappa shape index (κ3) is 3.35. The van der Waals surface area contributed by atoms with Crippen molar-refractivity contribution in [2.75, 3.05) is 6.61 Å². The van der Waals surface area contributed by atoms with E-state index in [1.807, 2.05) is 68.5 Å². The summed E-state index contributed by atoms with van der Waals surface area (Å²) >= 11 is 0. The fourth-order valence-corrected chi connectivity index (χ4v) is 2.03. The first-order chi connectivity index (χ1) is 9.72. The van der Waals surface area contributed by atoms with Crippen LogP contribution < -0.4 is 0 Å². The van der Waals surface area contributed by atoms with Crippen LogP contribution >= 0.6 is 0 Å². The topological polar surface area (TPSA) is 26.3 Å². The molecule has 0 saturated carbocycles. The first kappa shape index (κ1) is 14.1. The summed E-state index contributed by atoms with van der Waals surface area (Å²) in [6.07, 6.45) is 3.97. The first-order valence-electron chi connectivity index (χ1n) is 6.72. The summed E-state index contributed by atoms with van der Waals surface area (Å²) in [4.78, 5) is 12.0. The molecule has 0 aliphatic heterocycles. The van der Waals surface area contributed by atoms with Gasteiger partial charge in [0.2, 0.25) is 0 Å². The Morgan fingerprint density at radius 2 is 1.80 bits per heavy atom. The van der Waals surface area contributed by atoms with Gasteiger partial charge in [-0.3, -0.25) is 0 Å². The van der Waals surface area contributed by atoms with Crippen LogP contribution in [0.4, 0.5) is 0 Å². The Labute approximate surface area is 119 Å². The van der Waals surface area contributed by atoms with E-state index in [9.17, 15) is 4.79 Å². The third-order valence-electron chi connectivity index (χ3n) is 3.06. The predicted molar refractivity (Wildman–Crippen MR) is 82.5 cm³/mol. The highest BCUT2D eigenvalue weighted by Crippen LogP contribution is 2.18. The molecule has 0 aliphatic rings. The van der Waals surface area contributed by atoms with Gasteiger partial charge in [-0.05, 0) is 36.6 Å². The van der Waals surface area contributed by atoms with Crippen molar-refractivity contribution in [1.29, 1.82) is 0 Å². The van der Waals surface area contributed by atoms with Gasteiger partial charge in [-0.15, -0.1) is 0 Å². The maximum absolute atomic E-state index is 12.0. The minimum atomic E-state index is -0.274. The zero-order valence-electron chi connectivity index (χ0n) is 11.8. The van der Waals surface area contributed by atoms with Crippen LogP contribution in [0, 0.1) is 6.92 Å². The molecule has 0 aliphatic carbocycles. The quantitative estimate of drug-likeness (QED) is 0.607. The Morgan fingerprint density at radius 1 is 1.05 bits per heavy atom. The van der Waals surface area contributed by atoms with Crippen LogP contribution in [0.3, 0.4) is 0 Å². The fourth-order valence-electron chi connectivity index (χ4n) is 2.03. The van der Waals surface area contributed by atoms with Gasteiger partial charge in [0.1, 0.15) is 0 Å². The van der Waals surface area contributed by atoms with Crippen LogP contribution in [0.2, 0.25) is 0 Å². The number of rotatable bonds is 4. The highest BCUT2D eigenvalue weighted by Gasteiger charge is 2.11. The molecule has 0 aromatic heterocycles. The van der Waals surface area contributed by atoms with Crippen LogP contribution in [-0.2, 0) is 4.74 Å². The summed E-state index contributed by atoms with van der Waals surface area (Å²) in [5.74, 6) is -0.274. The number of hydrogen-bond acceptors (Lipinski definition) is 2. The molecule has 0 radical (unpaired) electrons. The van der Waals surface area contributed by atoms with E-state index < -0.39 is 0 Å². The molecule has 2 rings (SSSR count). The first-order valence-corrected chi connectivity index (χ1v) is 6.72. The Morgan fingerprint density at radius 3 is 2.50 bits per heavy atom. The SMILES string of the molecule is CCOC(=O)c1cccc(C)c1/C=C/c1ccccc1. The Balaban J connectivity index is 2.35. The number of hydrogen-bond donors (Lipinski definition) is 0. The van der Waals surface area contributed by atoms with Gasteiger partial charge < -0.3 is 4.74 Å². The molecule has 0 bridgehead atoms. The molecular formula is C18H18O2. The lowest BCUT2D eigenvalue weighted by molar-refractivity contribution is 0.0526. The van der Waals surface area contributed by atoms with E-state index in [0.29, 0.717) is 12.2 Å². The van der Waals surface area contributed by atoms with Gasteiger partial charge in [0.15, 0.2) is 0 Å². The lowest BCUT2D eigenvalue weighted by Gasteiger charge is -2.08. The van der Waals surface area contributed by atoms with Crippen LogP contribution in [0.5, 0.6) is 0 Å². The number of ether oxygens (including phenoxy) is 1. The van der Waals surface area contributed by atoms with Crippen molar-refractivity contribution >= 4 is 18.1 Å². The Hall–Kier alpha value is -2.35. The average molecular weight is 266 g/mol. The smallest absolute Gasteiger partial charge is 0.338 e. The Bertz CT molecular complexity index is 613. The Kier molecular flexibility index (Phi) is 4.72. The van der Waals surface area contributed by atoms with Gasteiger partial charge in [-0.2, -0.15) is 0 Å². The number of esters is 1. The highest BCUT2D eigenvalue weighted by atomic mass is 16.5. The molecule has 102 valence electrons. The third-order valence-corrected chi connectivity index (χ3v) is 3.06. The van der Waals surface area contributed by atoms with Gasteiger partial charge >= 0.3 is 5.97 Å². The molecule has 0 fully saturated rings. The summed E-state index contributed by atoms with van der Waals surface area (Å²) in [6, 6.07) is 15.7. The van der Waals surface area contributed by atoms with Gasteiger partial charge in [-0.1, -0.05) is 54.6 Å². The van der Waals surface area contributed by atoms with E-state index >= 15 is 0 Å². The predicted octanol–water partition coefficient (Wildman–Crippen LogP) is 4.34. The van der Waals surface area contributed by atoms with Crippen molar-refractivity contribution in [1.82, 2.24) is 0 Å². The standard InChI is InChI=1S/C18H18O2/c1-3-20-18(19)17-11-7-8-14(2)16(17)13-12-15-9-5-4-6-10-15/h4-13H,3H2,1-2H3/b13-12+. The number of aryl methyl sites for hydroxylation is 1. The fraction of sp³-hybridized carbons (Fsp3) is 0.167. The largest absolute Gasteiger partial charge is 0.462 e. The second-order valence-corrected chi connectivity index (χ2v) is 4.50. The summed E-state index contributed by atoms with van der Waals surface area (Å²) in [5.41, 5.74) is 3.68. The molecule has 0 N–H and O–H groups in total. The van der Waals surface area contributed by atoms with Gasteiger partial charge in [0.25, 0.3) is 0 Å². The molecule has 0 saturated heterocycles. The molecule has 0 spiro atoms. The number of benzene rings is 2. The molecule has 2 aromatic carbocycles. The summed E-state index contributed by atoms with van der Waals surface area (Å²) in [7, 11) is 0. The van der Waals surface area contributed by atoms with E-state index in [2.05, 4.69) is 0 Å². The van der Waals surface area contributed by atoms with Crippen molar-refractivity contribution < 1.29 is 9.53 Å². The maximum Gasteiger partial charge on any atom is 0.338 e. The van der Waals surface area contributed by atoms with Crippen molar-refractivity contribution in [2.24, 2.45) is 0 Å². The lowest BCUT2D eigenvalue weighted by Crippen LogP contribution is -2.07. The van der Waals surface area contributed by atoms with Gasteiger partial charge in [0.05, 0.1) is 12.2 Å². The van der Waals surface area contributed by atoms with Crippen LogP contribution in [-0.4, -0.2) is 12.6 Å². The van der Waals surface area contributed by atoms with Crippen molar-refractivity contribution in [2.45, 2.75) is 13.8 Å². The molecule has 0 amide bonds. The monoisotopic (exact) mass is 266 g/mol. The zero-order chi connectivity index (χ0) is 14.4. The normalized spacial score (nSPS) is 10.7. The van der Waals surface area contributed by atoms with Crippen LogP contribution in [0.25, 0.3) is 12.2 Å². The average Bonchev–Trinajstić information content (AvgIpc) is 2.47. The van der Waals surface area contributed by atoms with E-state index in [4.69, 9.17) is 4.74 Å². The molecule has 2 aromatic rings. The molecule has 20 heavy (non-hydrogen) atoms. The molecule has 0 heterocycles. The van der Waals surface area contributed by atoms with E-state index in [1.165, 1.54) is 0 Å². The maximum atomic E-state index is 12.0. The molecule has 0 atom stereocenters. The van der Waals surface area contributed by atoms with E-state index in [-0.39, 0.29) is 5.97 Å². The summed E-state index contributed by atoms with van der Waals surface area (Å²) < 4.78 is 5.10. The molecular weight excluding hydrogens is 248 g/mol. The van der Waals surface area contributed by atoms with E-state index in [1.54, 1.807) is 6.07 Å². The van der Waals surface area contributed by atoms with Crippen LogP contribution in [0.1, 0.15) is 34.0 Å². The van der Waals surface area contributed by atoms with Crippen molar-refractivity contribution in [3.63, 3.8) is 0 Å². The highest BCUT2D eigenvalue weighted by molar-refractivity contribution is 5.95. The molecule has 2 heteroatoms. The second kappa shape index (κ2) is 6.71.